The summed E-state index contributed by atoms with van der Waals surface area (Å²) in [5.74, 6) is 0.0183. The molecule has 0 aliphatic heterocycles. The van der Waals surface area contributed by atoms with Gasteiger partial charge in [0.15, 0.2) is 0 Å². The van der Waals surface area contributed by atoms with Gasteiger partial charge in [-0.3, -0.25) is 4.79 Å². The summed E-state index contributed by atoms with van der Waals surface area (Å²) < 4.78 is 5.46. The summed E-state index contributed by atoms with van der Waals surface area (Å²) in [6.45, 7) is 1.06. The molecule has 0 atom stereocenters. The monoisotopic (exact) mass is 214 g/mol. The van der Waals surface area contributed by atoms with Gasteiger partial charge < -0.3 is 15.8 Å². The number of carbonyl (C=O) groups is 1. The molecular weight excluding hydrogens is 192 g/mol. The van der Waals surface area contributed by atoms with Crippen molar-refractivity contribution in [1.29, 1.82) is 0 Å². The number of nitrogens with two attached hydrogens (primary N) is 1. The first-order valence-corrected chi connectivity index (χ1v) is 5.73. The minimum absolute atomic E-state index is 0.0183. The topological polar surface area (TPSA) is 64.3 Å². The van der Waals surface area contributed by atoms with Crippen LogP contribution in [0.25, 0.3) is 0 Å². The molecular formula is C11H22N2O2. The molecule has 1 aliphatic rings. The van der Waals surface area contributed by atoms with Crippen molar-refractivity contribution >= 4 is 5.91 Å². The first-order chi connectivity index (χ1) is 7.16. The van der Waals surface area contributed by atoms with Crippen LogP contribution in [0.2, 0.25) is 0 Å². The van der Waals surface area contributed by atoms with E-state index in [9.17, 15) is 4.79 Å². The van der Waals surface area contributed by atoms with Gasteiger partial charge in [-0.1, -0.05) is 19.3 Å². The average molecular weight is 214 g/mol. The number of hydrogen-bond donors (Lipinski definition) is 2. The van der Waals surface area contributed by atoms with Crippen LogP contribution in [0.3, 0.4) is 0 Å². The van der Waals surface area contributed by atoms with E-state index in [1.54, 1.807) is 7.05 Å². The van der Waals surface area contributed by atoms with E-state index in [1.807, 2.05) is 0 Å². The van der Waals surface area contributed by atoms with Crippen molar-refractivity contribution < 1.29 is 9.53 Å². The second-order valence-electron chi connectivity index (χ2n) is 4.40. The summed E-state index contributed by atoms with van der Waals surface area (Å²) >= 11 is 0. The Hall–Kier alpha value is -0.610. The molecule has 0 heterocycles. The van der Waals surface area contributed by atoms with Crippen LogP contribution in [0.1, 0.15) is 38.5 Å². The molecule has 0 saturated heterocycles. The smallest absolute Gasteiger partial charge is 0.222 e. The van der Waals surface area contributed by atoms with Crippen LogP contribution in [-0.4, -0.2) is 31.7 Å². The maximum atomic E-state index is 10.9. The molecule has 1 aliphatic carbocycles. The molecule has 4 heteroatoms. The standard InChI is InChI=1S/C11H22N2O2/c1-13-10(14)5-8-15-9-11(12)6-3-2-4-7-11/h2-9,12H2,1H3,(H,13,14). The van der Waals surface area contributed by atoms with E-state index in [1.165, 1.54) is 19.3 Å². The van der Waals surface area contributed by atoms with Crippen molar-refractivity contribution in [1.82, 2.24) is 5.32 Å². The lowest BCUT2D eigenvalue weighted by atomic mass is 9.83. The summed E-state index contributed by atoms with van der Waals surface area (Å²) in [5.41, 5.74) is 6.04. The third-order valence-corrected chi connectivity index (χ3v) is 2.99. The number of carbonyl (C=O) groups excluding carboxylic acids is 1. The number of nitrogens with one attached hydrogen (secondary N) is 1. The molecule has 0 aromatic carbocycles. The van der Waals surface area contributed by atoms with Gasteiger partial charge in [0.2, 0.25) is 5.91 Å². The number of ether oxygens (including phenoxy) is 1. The second kappa shape index (κ2) is 6.08. The number of amides is 1. The fourth-order valence-electron chi connectivity index (χ4n) is 1.97. The maximum Gasteiger partial charge on any atom is 0.222 e. The molecule has 0 unspecified atom stereocenters. The molecule has 15 heavy (non-hydrogen) atoms. The molecule has 0 aromatic rings. The lowest BCUT2D eigenvalue weighted by Gasteiger charge is -2.32. The van der Waals surface area contributed by atoms with Crippen LogP contribution in [0.15, 0.2) is 0 Å². The fourth-order valence-corrected chi connectivity index (χ4v) is 1.97. The molecule has 0 bridgehead atoms. The van der Waals surface area contributed by atoms with Gasteiger partial charge in [0.1, 0.15) is 0 Å². The zero-order valence-corrected chi connectivity index (χ0v) is 9.55. The maximum absolute atomic E-state index is 10.9. The Morgan fingerprint density at radius 3 is 2.67 bits per heavy atom. The Labute approximate surface area is 91.5 Å². The van der Waals surface area contributed by atoms with Crippen LogP contribution in [-0.2, 0) is 9.53 Å². The van der Waals surface area contributed by atoms with Gasteiger partial charge in [0.25, 0.3) is 0 Å². The van der Waals surface area contributed by atoms with Gasteiger partial charge in [-0.05, 0) is 12.8 Å². The van der Waals surface area contributed by atoms with E-state index in [0.717, 1.165) is 12.8 Å². The van der Waals surface area contributed by atoms with Crippen molar-refractivity contribution in [2.45, 2.75) is 44.1 Å². The fraction of sp³-hybridized carbons (Fsp3) is 0.909. The van der Waals surface area contributed by atoms with Gasteiger partial charge in [0.05, 0.1) is 13.2 Å². The van der Waals surface area contributed by atoms with Crippen molar-refractivity contribution in [3.8, 4) is 0 Å². The van der Waals surface area contributed by atoms with Gasteiger partial charge in [-0.25, -0.2) is 0 Å². The highest BCUT2D eigenvalue weighted by atomic mass is 16.5. The van der Waals surface area contributed by atoms with Gasteiger partial charge >= 0.3 is 0 Å². The normalized spacial score (nSPS) is 19.9. The van der Waals surface area contributed by atoms with E-state index >= 15 is 0 Å². The van der Waals surface area contributed by atoms with E-state index in [0.29, 0.717) is 19.6 Å². The highest BCUT2D eigenvalue weighted by molar-refractivity contribution is 5.75. The average Bonchev–Trinajstić information content (AvgIpc) is 2.25. The zero-order chi connectivity index (χ0) is 11.1. The Kier molecular flexibility index (Phi) is 5.05. The Balaban J connectivity index is 2.10. The second-order valence-corrected chi connectivity index (χ2v) is 4.40. The molecule has 1 amide bonds. The number of rotatable bonds is 5. The van der Waals surface area contributed by atoms with Crippen molar-refractivity contribution in [3.05, 3.63) is 0 Å². The number of hydrogen-bond acceptors (Lipinski definition) is 3. The van der Waals surface area contributed by atoms with E-state index in [4.69, 9.17) is 10.5 Å². The van der Waals surface area contributed by atoms with Crippen LogP contribution < -0.4 is 11.1 Å². The molecule has 0 spiro atoms. The molecule has 3 N–H and O–H groups in total. The minimum Gasteiger partial charge on any atom is -0.379 e. The summed E-state index contributed by atoms with van der Waals surface area (Å²) in [6.07, 6.45) is 6.22. The lowest BCUT2D eigenvalue weighted by Crippen LogP contribution is -2.46. The third kappa shape index (κ3) is 4.62. The molecule has 0 radical (unpaired) electrons. The molecule has 1 rings (SSSR count). The van der Waals surface area contributed by atoms with Crippen LogP contribution in [0, 0.1) is 0 Å². The Bertz CT molecular complexity index is 201. The molecule has 1 saturated carbocycles. The highest BCUT2D eigenvalue weighted by Gasteiger charge is 2.27. The molecule has 0 aromatic heterocycles. The SMILES string of the molecule is CNC(=O)CCOCC1(N)CCCCC1. The van der Waals surface area contributed by atoms with E-state index in [2.05, 4.69) is 5.32 Å². The zero-order valence-electron chi connectivity index (χ0n) is 9.55. The summed E-state index contributed by atoms with van der Waals surface area (Å²) in [5, 5.41) is 2.56. The summed E-state index contributed by atoms with van der Waals surface area (Å²) in [6, 6.07) is 0. The lowest BCUT2D eigenvalue weighted by molar-refractivity contribution is -0.121. The van der Waals surface area contributed by atoms with Crippen molar-refractivity contribution in [3.63, 3.8) is 0 Å². The van der Waals surface area contributed by atoms with E-state index in [-0.39, 0.29) is 11.4 Å². The largest absolute Gasteiger partial charge is 0.379 e. The van der Waals surface area contributed by atoms with Crippen LogP contribution >= 0.6 is 0 Å². The molecule has 88 valence electrons. The predicted molar refractivity (Wildman–Crippen MR) is 59.5 cm³/mol. The van der Waals surface area contributed by atoms with Gasteiger partial charge in [-0.15, -0.1) is 0 Å². The summed E-state index contributed by atoms with van der Waals surface area (Å²) in [7, 11) is 1.63. The first-order valence-electron chi connectivity index (χ1n) is 5.73. The Morgan fingerprint density at radius 2 is 2.07 bits per heavy atom. The van der Waals surface area contributed by atoms with Gasteiger partial charge in [0, 0.05) is 19.0 Å². The Morgan fingerprint density at radius 1 is 1.40 bits per heavy atom. The minimum atomic E-state index is -0.138. The molecule has 4 nitrogen and oxygen atoms in total. The van der Waals surface area contributed by atoms with E-state index < -0.39 is 0 Å². The summed E-state index contributed by atoms with van der Waals surface area (Å²) in [4.78, 5) is 10.9. The van der Waals surface area contributed by atoms with Crippen molar-refractivity contribution in [2.24, 2.45) is 5.73 Å². The molecule has 1 fully saturated rings. The van der Waals surface area contributed by atoms with Crippen LogP contribution in [0.4, 0.5) is 0 Å². The quantitative estimate of drug-likeness (QED) is 0.665. The predicted octanol–water partition coefficient (Wildman–Crippen LogP) is 0.801. The van der Waals surface area contributed by atoms with Crippen molar-refractivity contribution in [2.75, 3.05) is 20.3 Å². The van der Waals surface area contributed by atoms with Gasteiger partial charge in [-0.2, -0.15) is 0 Å². The highest BCUT2D eigenvalue weighted by Crippen LogP contribution is 2.25. The first kappa shape index (κ1) is 12.5. The third-order valence-electron chi connectivity index (χ3n) is 2.99. The van der Waals surface area contributed by atoms with Crippen LogP contribution in [0.5, 0.6) is 0 Å².